The molecule has 0 atom stereocenters. The number of methoxy groups -OCH3 is 1. The zero-order valence-corrected chi connectivity index (χ0v) is 13.5. The van der Waals surface area contributed by atoms with Crippen LogP contribution in [0.1, 0.15) is 36.5 Å². The summed E-state index contributed by atoms with van der Waals surface area (Å²) in [4.78, 5) is 12.4. The van der Waals surface area contributed by atoms with Gasteiger partial charge in [0.25, 0.3) is 0 Å². The number of carboxylic acid groups (broad SMARTS) is 1. The van der Waals surface area contributed by atoms with Crippen molar-refractivity contribution in [2.75, 3.05) is 31.3 Å². The average Bonchev–Trinajstić information content (AvgIpc) is 3.24. The lowest BCUT2D eigenvalue weighted by molar-refractivity contribution is 0.0694. The van der Waals surface area contributed by atoms with Crippen LogP contribution in [0.25, 0.3) is 0 Å². The number of aromatic carboxylic acids is 1. The van der Waals surface area contributed by atoms with Gasteiger partial charge in [0.2, 0.25) is 0 Å². The highest BCUT2D eigenvalue weighted by Gasteiger charge is 2.41. The lowest BCUT2D eigenvalue weighted by atomic mass is 10.0. The minimum atomic E-state index is -0.865. The van der Waals surface area contributed by atoms with Crippen LogP contribution in [0.3, 0.4) is 0 Å². The summed E-state index contributed by atoms with van der Waals surface area (Å²) < 4.78 is 5.16. The van der Waals surface area contributed by atoms with Gasteiger partial charge in [-0.1, -0.05) is 13.0 Å². The molecule has 5 heteroatoms. The largest absolute Gasteiger partial charge is 0.478 e. The van der Waals surface area contributed by atoms with Crippen molar-refractivity contribution < 1.29 is 14.6 Å². The monoisotopic (exact) mass is 309 g/mol. The van der Waals surface area contributed by atoms with Crippen molar-refractivity contribution in [2.24, 2.45) is 5.41 Å². The second kappa shape index (κ2) is 7.18. The molecule has 0 unspecified atom stereocenters. The highest BCUT2D eigenvalue weighted by atomic mass is 32.2. The SMILES string of the molecule is CCSc1cccc(NCC2(CCOC)CC2)c1C(=O)O. The van der Waals surface area contributed by atoms with Crippen LogP contribution in [0, 0.1) is 5.41 Å². The fourth-order valence-corrected chi connectivity index (χ4v) is 3.30. The highest BCUT2D eigenvalue weighted by molar-refractivity contribution is 7.99. The first kappa shape index (κ1) is 16.2. The first-order chi connectivity index (χ1) is 10.1. The molecule has 1 fully saturated rings. The second-order valence-electron chi connectivity index (χ2n) is 5.51. The van der Waals surface area contributed by atoms with Crippen LogP contribution < -0.4 is 5.32 Å². The number of nitrogens with one attached hydrogen (secondary N) is 1. The Kier molecular flexibility index (Phi) is 5.53. The smallest absolute Gasteiger partial charge is 0.338 e. The summed E-state index contributed by atoms with van der Waals surface area (Å²) >= 11 is 1.57. The van der Waals surface area contributed by atoms with E-state index in [9.17, 15) is 9.90 Å². The number of benzene rings is 1. The molecule has 0 saturated heterocycles. The molecule has 1 aliphatic carbocycles. The maximum Gasteiger partial charge on any atom is 0.338 e. The molecule has 2 rings (SSSR count). The van der Waals surface area contributed by atoms with Gasteiger partial charge in [-0.3, -0.25) is 0 Å². The van der Waals surface area contributed by atoms with Gasteiger partial charge in [0, 0.05) is 30.8 Å². The van der Waals surface area contributed by atoms with Gasteiger partial charge < -0.3 is 15.2 Å². The molecule has 1 aliphatic rings. The first-order valence-electron chi connectivity index (χ1n) is 7.34. The molecule has 116 valence electrons. The van der Waals surface area contributed by atoms with Gasteiger partial charge in [-0.2, -0.15) is 0 Å². The molecule has 0 aliphatic heterocycles. The van der Waals surface area contributed by atoms with Crippen molar-refractivity contribution in [3.05, 3.63) is 23.8 Å². The summed E-state index contributed by atoms with van der Waals surface area (Å²) in [6.45, 7) is 3.61. The van der Waals surface area contributed by atoms with Crippen LogP contribution in [-0.4, -0.2) is 37.1 Å². The van der Waals surface area contributed by atoms with Gasteiger partial charge in [0.1, 0.15) is 0 Å². The number of rotatable bonds is 9. The third-order valence-corrected chi connectivity index (χ3v) is 4.93. The van der Waals surface area contributed by atoms with E-state index in [1.54, 1.807) is 18.9 Å². The number of anilines is 1. The van der Waals surface area contributed by atoms with Crippen LogP contribution in [0.15, 0.2) is 23.1 Å². The topological polar surface area (TPSA) is 58.6 Å². The van der Waals surface area contributed by atoms with Gasteiger partial charge in [0.15, 0.2) is 0 Å². The van der Waals surface area contributed by atoms with E-state index in [4.69, 9.17) is 4.74 Å². The Labute approximate surface area is 130 Å². The fraction of sp³-hybridized carbons (Fsp3) is 0.562. The summed E-state index contributed by atoms with van der Waals surface area (Å²) in [7, 11) is 1.72. The molecule has 0 aromatic heterocycles. The molecular weight excluding hydrogens is 286 g/mol. The number of carbonyl (C=O) groups is 1. The Morgan fingerprint density at radius 3 is 2.81 bits per heavy atom. The summed E-state index contributed by atoms with van der Waals surface area (Å²) in [5.74, 6) is -0.00240. The van der Waals surface area contributed by atoms with E-state index in [-0.39, 0.29) is 0 Å². The van der Waals surface area contributed by atoms with Gasteiger partial charge >= 0.3 is 5.97 Å². The number of hydrogen-bond acceptors (Lipinski definition) is 4. The van der Waals surface area contributed by atoms with E-state index in [1.165, 1.54) is 12.8 Å². The molecule has 4 nitrogen and oxygen atoms in total. The Bertz CT molecular complexity index is 500. The summed E-state index contributed by atoms with van der Waals surface area (Å²) in [6.07, 6.45) is 3.41. The predicted octanol–water partition coefficient (Wildman–Crippen LogP) is 3.73. The third-order valence-electron chi connectivity index (χ3n) is 3.99. The standard InChI is InChI=1S/C16H23NO3S/c1-3-21-13-6-4-5-12(14(13)15(18)19)17-11-16(7-8-16)9-10-20-2/h4-6,17H,3,7-11H2,1-2H3,(H,18,19). The van der Waals surface area contributed by atoms with E-state index < -0.39 is 5.97 Å². The van der Waals surface area contributed by atoms with Crippen molar-refractivity contribution in [3.63, 3.8) is 0 Å². The third kappa shape index (κ3) is 4.14. The highest BCUT2D eigenvalue weighted by Crippen LogP contribution is 2.48. The zero-order chi connectivity index (χ0) is 15.3. The molecule has 0 radical (unpaired) electrons. The van der Waals surface area contributed by atoms with Gasteiger partial charge in [-0.05, 0) is 42.6 Å². The molecule has 2 N–H and O–H groups in total. The molecule has 0 spiro atoms. The zero-order valence-electron chi connectivity index (χ0n) is 12.6. The van der Waals surface area contributed by atoms with Crippen molar-refractivity contribution in [3.8, 4) is 0 Å². The van der Waals surface area contributed by atoms with E-state index >= 15 is 0 Å². The van der Waals surface area contributed by atoms with E-state index in [2.05, 4.69) is 5.32 Å². The number of hydrogen-bond donors (Lipinski definition) is 2. The van der Waals surface area contributed by atoms with E-state index in [1.807, 2.05) is 25.1 Å². The van der Waals surface area contributed by atoms with Crippen molar-refractivity contribution in [1.29, 1.82) is 0 Å². The molecule has 21 heavy (non-hydrogen) atoms. The second-order valence-corrected chi connectivity index (χ2v) is 6.82. The number of carboxylic acids is 1. The Morgan fingerprint density at radius 1 is 1.48 bits per heavy atom. The predicted molar refractivity (Wildman–Crippen MR) is 86.4 cm³/mol. The Hall–Kier alpha value is -1.20. The van der Waals surface area contributed by atoms with Gasteiger partial charge in [-0.15, -0.1) is 11.8 Å². The van der Waals surface area contributed by atoms with E-state index in [0.29, 0.717) is 11.0 Å². The normalized spacial score (nSPS) is 15.7. The lowest BCUT2D eigenvalue weighted by Gasteiger charge is -2.18. The number of ether oxygens (including phenoxy) is 1. The van der Waals surface area contributed by atoms with Crippen LogP contribution in [0.2, 0.25) is 0 Å². The molecule has 1 aromatic carbocycles. The number of thioether (sulfide) groups is 1. The maximum absolute atomic E-state index is 11.6. The fourth-order valence-electron chi connectivity index (χ4n) is 2.47. The minimum Gasteiger partial charge on any atom is -0.478 e. The Morgan fingerprint density at radius 2 is 2.24 bits per heavy atom. The molecule has 0 bridgehead atoms. The Balaban J connectivity index is 2.09. The average molecular weight is 309 g/mol. The maximum atomic E-state index is 11.6. The minimum absolute atomic E-state index is 0.291. The van der Waals surface area contributed by atoms with Crippen LogP contribution in [0.5, 0.6) is 0 Å². The molecule has 0 heterocycles. The summed E-state index contributed by atoms with van der Waals surface area (Å²) in [5.41, 5.74) is 1.41. The lowest BCUT2D eigenvalue weighted by Crippen LogP contribution is -2.19. The van der Waals surface area contributed by atoms with Crippen molar-refractivity contribution in [1.82, 2.24) is 0 Å². The molecule has 1 saturated carbocycles. The first-order valence-corrected chi connectivity index (χ1v) is 8.32. The van der Waals surface area contributed by atoms with Crippen molar-refractivity contribution >= 4 is 23.4 Å². The van der Waals surface area contributed by atoms with Crippen LogP contribution >= 0.6 is 11.8 Å². The van der Waals surface area contributed by atoms with Gasteiger partial charge in [0.05, 0.1) is 5.56 Å². The van der Waals surface area contributed by atoms with Gasteiger partial charge in [-0.25, -0.2) is 4.79 Å². The molecular formula is C16H23NO3S. The quantitative estimate of drug-likeness (QED) is 0.681. The van der Waals surface area contributed by atoms with Crippen LogP contribution in [0.4, 0.5) is 5.69 Å². The molecule has 1 aromatic rings. The summed E-state index contributed by atoms with van der Waals surface area (Å²) in [6, 6.07) is 5.65. The molecule has 0 amide bonds. The summed E-state index contributed by atoms with van der Waals surface area (Å²) in [5, 5.41) is 12.8. The van der Waals surface area contributed by atoms with Crippen LogP contribution in [-0.2, 0) is 4.74 Å². The van der Waals surface area contributed by atoms with E-state index in [0.717, 1.165) is 35.9 Å². The van der Waals surface area contributed by atoms with Crippen molar-refractivity contribution in [2.45, 2.75) is 31.1 Å².